The first-order valence-electron chi connectivity index (χ1n) is 10.9. The van der Waals surface area contributed by atoms with E-state index in [2.05, 4.69) is 20.4 Å². The number of rotatable bonds is 6. The summed E-state index contributed by atoms with van der Waals surface area (Å²) in [5.41, 5.74) is 3.07. The first-order chi connectivity index (χ1) is 15.3. The molecule has 172 valence electrons. The van der Waals surface area contributed by atoms with Crippen LogP contribution in [0.25, 0.3) is 22.6 Å². The molecule has 1 N–H and O–H groups in total. The lowest BCUT2D eigenvalue weighted by Gasteiger charge is -2.34. The van der Waals surface area contributed by atoms with Gasteiger partial charge in [0.2, 0.25) is 5.91 Å². The SMILES string of the molecule is CCC(Nc1ncnc2c1nc(-c1cnn(CC)c1C)n2C)C(=O)N1CCC(F)(F)CC1. The zero-order valence-electron chi connectivity index (χ0n) is 18.8. The summed E-state index contributed by atoms with van der Waals surface area (Å²) in [5, 5.41) is 7.59. The summed E-state index contributed by atoms with van der Waals surface area (Å²) in [6.07, 6.45) is 3.09. The van der Waals surface area contributed by atoms with Gasteiger partial charge in [-0.1, -0.05) is 6.92 Å². The maximum atomic E-state index is 13.5. The average Bonchev–Trinajstić information content (AvgIpc) is 3.31. The number of nitrogens with zero attached hydrogens (tertiary/aromatic N) is 7. The van der Waals surface area contributed by atoms with E-state index in [9.17, 15) is 13.6 Å². The third-order valence-electron chi connectivity index (χ3n) is 6.12. The summed E-state index contributed by atoms with van der Waals surface area (Å²) in [6, 6.07) is -0.588. The monoisotopic (exact) mass is 446 g/mol. The van der Waals surface area contributed by atoms with E-state index in [-0.39, 0.29) is 31.8 Å². The van der Waals surface area contributed by atoms with Crippen LogP contribution >= 0.6 is 0 Å². The highest BCUT2D eigenvalue weighted by atomic mass is 19.3. The van der Waals surface area contributed by atoms with E-state index < -0.39 is 12.0 Å². The molecule has 0 aromatic carbocycles. The van der Waals surface area contributed by atoms with Gasteiger partial charge in [-0.15, -0.1) is 0 Å². The minimum Gasteiger partial charge on any atom is -0.356 e. The predicted molar refractivity (Wildman–Crippen MR) is 116 cm³/mol. The second kappa shape index (κ2) is 8.44. The number of piperidine rings is 1. The number of hydrogen-bond acceptors (Lipinski definition) is 6. The van der Waals surface area contributed by atoms with Crippen molar-refractivity contribution in [3.63, 3.8) is 0 Å². The van der Waals surface area contributed by atoms with Crippen LogP contribution in [0.2, 0.25) is 0 Å². The van der Waals surface area contributed by atoms with Crippen LogP contribution < -0.4 is 5.32 Å². The van der Waals surface area contributed by atoms with Crippen LogP contribution in [0.5, 0.6) is 0 Å². The van der Waals surface area contributed by atoms with E-state index in [4.69, 9.17) is 4.98 Å². The lowest BCUT2D eigenvalue weighted by atomic mass is 10.1. The van der Waals surface area contributed by atoms with Crippen molar-refractivity contribution >= 4 is 22.9 Å². The zero-order valence-corrected chi connectivity index (χ0v) is 18.8. The third-order valence-corrected chi connectivity index (χ3v) is 6.12. The van der Waals surface area contributed by atoms with E-state index in [0.29, 0.717) is 29.2 Å². The second-order valence-electron chi connectivity index (χ2n) is 8.13. The van der Waals surface area contributed by atoms with Gasteiger partial charge < -0.3 is 14.8 Å². The molecule has 3 aromatic heterocycles. The van der Waals surface area contributed by atoms with E-state index >= 15 is 0 Å². The molecule has 9 nitrogen and oxygen atoms in total. The van der Waals surface area contributed by atoms with E-state index in [1.807, 2.05) is 37.1 Å². The highest BCUT2D eigenvalue weighted by Gasteiger charge is 2.37. The van der Waals surface area contributed by atoms with Crippen molar-refractivity contribution in [1.29, 1.82) is 0 Å². The number of alkyl halides is 2. The number of hydrogen-bond donors (Lipinski definition) is 1. The molecule has 1 fully saturated rings. The van der Waals surface area contributed by atoms with E-state index in [1.54, 1.807) is 6.20 Å². The molecule has 3 aromatic rings. The molecule has 0 spiro atoms. The molecule has 0 radical (unpaired) electrons. The molecular weight excluding hydrogens is 418 g/mol. The van der Waals surface area contributed by atoms with Gasteiger partial charge in [0, 0.05) is 45.2 Å². The summed E-state index contributed by atoms with van der Waals surface area (Å²) in [5.74, 6) is -1.75. The molecule has 0 saturated carbocycles. The molecule has 4 rings (SSSR count). The predicted octanol–water partition coefficient (Wildman–Crippen LogP) is 3.00. The number of fused-ring (bicyclic) bond motifs is 1. The van der Waals surface area contributed by atoms with Crippen LogP contribution in [0, 0.1) is 6.92 Å². The van der Waals surface area contributed by atoms with Crippen molar-refractivity contribution in [2.45, 2.75) is 58.5 Å². The lowest BCUT2D eigenvalue weighted by Crippen LogP contribution is -2.48. The van der Waals surface area contributed by atoms with Gasteiger partial charge in [0.25, 0.3) is 5.92 Å². The zero-order chi connectivity index (χ0) is 23.0. The van der Waals surface area contributed by atoms with E-state index in [0.717, 1.165) is 17.8 Å². The number of carbonyl (C=O) groups is 1. The van der Waals surface area contributed by atoms with Crippen LogP contribution in [0.15, 0.2) is 12.5 Å². The Morgan fingerprint density at radius 3 is 2.59 bits per heavy atom. The number of likely N-dealkylation sites (tertiary alicyclic amines) is 1. The van der Waals surface area contributed by atoms with Crippen LogP contribution in [0.1, 0.15) is 38.8 Å². The molecule has 0 aliphatic carbocycles. The van der Waals surface area contributed by atoms with Crippen molar-refractivity contribution in [2.75, 3.05) is 18.4 Å². The van der Waals surface area contributed by atoms with Crippen molar-refractivity contribution in [2.24, 2.45) is 7.05 Å². The summed E-state index contributed by atoms with van der Waals surface area (Å²) >= 11 is 0. The number of nitrogens with one attached hydrogen (secondary N) is 1. The summed E-state index contributed by atoms with van der Waals surface area (Å²) in [6.45, 7) is 6.75. The second-order valence-corrected chi connectivity index (χ2v) is 8.13. The molecule has 1 amide bonds. The molecule has 4 heterocycles. The largest absolute Gasteiger partial charge is 0.356 e. The Balaban J connectivity index is 1.63. The first kappa shape index (κ1) is 22.1. The number of carbonyl (C=O) groups excluding carboxylic acids is 1. The fourth-order valence-corrected chi connectivity index (χ4v) is 4.11. The van der Waals surface area contributed by atoms with Crippen LogP contribution in [0.4, 0.5) is 14.6 Å². The molecule has 0 bridgehead atoms. The topological polar surface area (TPSA) is 93.8 Å². The van der Waals surface area contributed by atoms with Crippen molar-refractivity contribution in [3.8, 4) is 11.4 Å². The Labute approximate surface area is 184 Å². The Hall–Kier alpha value is -3.11. The molecule has 1 atom stereocenters. The highest BCUT2D eigenvalue weighted by molar-refractivity contribution is 5.90. The van der Waals surface area contributed by atoms with Gasteiger partial charge in [-0.05, 0) is 20.3 Å². The van der Waals surface area contributed by atoms with Crippen molar-refractivity contribution in [1.82, 2.24) is 34.2 Å². The van der Waals surface area contributed by atoms with Gasteiger partial charge >= 0.3 is 0 Å². The molecule has 11 heteroatoms. The molecular formula is C21H28F2N8O. The number of aryl methyl sites for hydroxylation is 2. The quantitative estimate of drug-likeness (QED) is 0.626. The third kappa shape index (κ3) is 3.91. The number of halogens is 2. The Morgan fingerprint density at radius 2 is 1.97 bits per heavy atom. The van der Waals surface area contributed by atoms with Crippen LogP contribution in [-0.2, 0) is 18.4 Å². The van der Waals surface area contributed by atoms with Gasteiger partial charge in [0.05, 0.1) is 11.8 Å². The minimum atomic E-state index is -2.70. The van der Waals surface area contributed by atoms with Crippen LogP contribution in [0.3, 0.4) is 0 Å². The maximum absolute atomic E-state index is 13.5. The van der Waals surface area contributed by atoms with E-state index in [1.165, 1.54) is 11.2 Å². The van der Waals surface area contributed by atoms with Gasteiger partial charge in [0.15, 0.2) is 17.0 Å². The Kier molecular flexibility index (Phi) is 5.83. The number of imidazole rings is 1. The molecule has 1 aliphatic rings. The summed E-state index contributed by atoms with van der Waals surface area (Å²) in [4.78, 5) is 28.0. The lowest BCUT2D eigenvalue weighted by molar-refractivity contribution is -0.138. The highest BCUT2D eigenvalue weighted by Crippen LogP contribution is 2.30. The molecule has 1 unspecified atom stereocenters. The number of aromatic nitrogens is 6. The standard InChI is InChI=1S/C21H28F2N8O/c1-5-15(20(32)30-9-7-21(22,23)8-10-30)27-17-16-19(25-12-24-17)29(4)18(28-16)14-11-26-31(6-2)13(14)3/h11-12,15H,5-10H2,1-4H3,(H,24,25,27). The van der Waals surface area contributed by atoms with Crippen molar-refractivity contribution < 1.29 is 13.6 Å². The number of amides is 1. The molecule has 1 aliphatic heterocycles. The van der Waals surface area contributed by atoms with Gasteiger partial charge in [0.1, 0.15) is 18.2 Å². The van der Waals surface area contributed by atoms with Crippen LogP contribution in [-0.4, -0.2) is 65.2 Å². The first-order valence-corrected chi connectivity index (χ1v) is 10.9. The van der Waals surface area contributed by atoms with Gasteiger partial charge in [-0.25, -0.2) is 23.7 Å². The fourth-order valence-electron chi connectivity index (χ4n) is 4.11. The fraction of sp³-hybridized carbons (Fsp3) is 0.571. The van der Waals surface area contributed by atoms with Crippen molar-refractivity contribution in [3.05, 3.63) is 18.2 Å². The maximum Gasteiger partial charge on any atom is 0.251 e. The van der Waals surface area contributed by atoms with Gasteiger partial charge in [-0.2, -0.15) is 5.10 Å². The normalized spacial score (nSPS) is 17.0. The molecule has 1 saturated heterocycles. The Bertz CT molecular complexity index is 1130. The summed E-state index contributed by atoms with van der Waals surface area (Å²) < 4.78 is 30.8. The van der Waals surface area contributed by atoms with Gasteiger partial charge in [-0.3, -0.25) is 9.48 Å². The average molecular weight is 447 g/mol. The summed E-state index contributed by atoms with van der Waals surface area (Å²) in [7, 11) is 1.88. The smallest absolute Gasteiger partial charge is 0.251 e. The molecule has 32 heavy (non-hydrogen) atoms. The number of anilines is 1. The Morgan fingerprint density at radius 1 is 1.25 bits per heavy atom. The minimum absolute atomic E-state index is 0.0532.